The lowest BCUT2D eigenvalue weighted by Crippen LogP contribution is -2.26. The van der Waals surface area contributed by atoms with Gasteiger partial charge in [0.1, 0.15) is 4.90 Å². The van der Waals surface area contributed by atoms with E-state index in [0.717, 1.165) is 4.88 Å². The number of rotatable bonds is 4. The van der Waals surface area contributed by atoms with Gasteiger partial charge in [0, 0.05) is 18.5 Å². The van der Waals surface area contributed by atoms with Crippen LogP contribution in [0.2, 0.25) is 10.0 Å². The summed E-state index contributed by atoms with van der Waals surface area (Å²) < 4.78 is 26.2. The molecule has 1 aromatic carbocycles. The number of hydrogen-bond donors (Lipinski definition) is 0. The molecule has 0 radical (unpaired) electrons. The second-order valence-corrected chi connectivity index (χ2v) is 7.72. The van der Waals surface area contributed by atoms with E-state index in [0.29, 0.717) is 6.54 Å². The van der Waals surface area contributed by atoms with E-state index in [9.17, 15) is 8.42 Å². The van der Waals surface area contributed by atoms with Crippen LogP contribution < -0.4 is 0 Å². The Morgan fingerprint density at radius 1 is 1.16 bits per heavy atom. The van der Waals surface area contributed by atoms with Crippen LogP contribution in [0, 0.1) is 0 Å². The van der Waals surface area contributed by atoms with Gasteiger partial charge in [-0.1, -0.05) is 35.3 Å². The van der Waals surface area contributed by atoms with E-state index in [1.54, 1.807) is 6.07 Å². The summed E-state index contributed by atoms with van der Waals surface area (Å²) in [5, 5.41) is 2.16. The topological polar surface area (TPSA) is 37.4 Å². The third kappa shape index (κ3) is 3.12. The molecular weight excluding hydrogens is 325 g/mol. The third-order valence-electron chi connectivity index (χ3n) is 2.55. The molecule has 0 saturated carbocycles. The standard InChI is InChI=1S/C12H11Cl2NO2S2/c1-15(8-9-4-3-7-18-9)19(16,17)12-10(13)5-2-6-11(12)14/h2-7H,8H2,1H3. The summed E-state index contributed by atoms with van der Waals surface area (Å²) in [7, 11) is -2.19. The van der Waals surface area contributed by atoms with E-state index in [-0.39, 0.29) is 14.9 Å². The zero-order chi connectivity index (χ0) is 14.0. The monoisotopic (exact) mass is 335 g/mol. The summed E-state index contributed by atoms with van der Waals surface area (Å²) in [5.74, 6) is 0. The number of hydrogen-bond acceptors (Lipinski definition) is 3. The molecule has 0 unspecified atom stereocenters. The van der Waals surface area contributed by atoms with Crippen molar-refractivity contribution in [3.63, 3.8) is 0 Å². The van der Waals surface area contributed by atoms with Gasteiger partial charge in [-0.15, -0.1) is 11.3 Å². The first-order chi connectivity index (χ1) is 8.93. The predicted molar refractivity (Wildman–Crippen MR) is 79.4 cm³/mol. The molecule has 3 nitrogen and oxygen atoms in total. The Morgan fingerprint density at radius 2 is 1.79 bits per heavy atom. The maximum absolute atomic E-state index is 12.5. The highest BCUT2D eigenvalue weighted by atomic mass is 35.5. The molecule has 0 fully saturated rings. The fourth-order valence-corrected chi connectivity index (χ4v) is 4.66. The molecule has 0 bridgehead atoms. The highest BCUT2D eigenvalue weighted by Crippen LogP contribution is 2.31. The molecule has 1 heterocycles. The van der Waals surface area contributed by atoms with Crippen LogP contribution in [0.25, 0.3) is 0 Å². The van der Waals surface area contributed by atoms with Crippen LogP contribution in [0.15, 0.2) is 40.6 Å². The first kappa shape index (κ1) is 14.8. The van der Waals surface area contributed by atoms with Crippen molar-refractivity contribution >= 4 is 44.6 Å². The SMILES string of the molecule is CN(Cc1cccs1)S(=O)(=O)c1c(Cl)cccc1Cl. The van der Waals surface area contributed by atoms with Crippen molar-refractivity contribution in [1.29, 1.82) is 0 Å². The zero-order valence-corrected chi connectivity index (χ0v) is 13.2. The minimum absolute atomic E-state index is 0.0441. The Morgan fingerprint density at radius 3 is 2.32 bits per heavy atom. The largest absolute Gasteiger partial charge is 0.246 e. The van der Waals surface area contributed by atoms with Gasteiger partial charge in [-0.3, -0.25) is 0 Å². The van der Waals surface area contributed by atoms with Gasteiger partial charge in [-0.2, -0.15) is 4.31 Å². The lowest BCUT2D eigenvalue weighted by Gasteiger charge is -2.18. The van der Waals surface area contributed by atoms with Crippen LogP contribution in [0.5, 0.6) is 0 Å². The smallest absolute Gasteiger partial charge is 0.207 e. The molecule has 0 spiro atoms. The van der Waals surface area contributed by atoms with Crippen LogP contribution in [-0.2, 0) is 16.6 Å². The third-order valence-corrected chi connectivity index (χ3v) is 6.17. The van der Waals surface area contributed by atoms with Gasteiger partial charge in [-0.05, 0) is 23.6 Å². The highest BCUT2D eigenvalue weighted by molar-refractivity contribution is 7.89. The van der Waals surface area contributed by atoms with Crippen molar-refractivity contribution in [3.8, 4) is 0 Å². The van der Waals surface area contributed by atoms with Crippen molar-refractivity contribution in [2.45, 2.75) is 11.4 Å². The molecule has 0 aliphatic carbocycles. The maximum atomic E-state index is 12.5. The first-order valence-corrected chi connectivity index (χ1v) is 8.43. The molecule has 102 valence electrons. The van der Waals surface area contributed by atoms with Crippen LogP contribution in [0.1, 0.15) is 4.88 Å². The summed E-state index contributed by atoms with van der Waals surface area (Å²) in [4.78, 5) is 0.909. The summed E-state index contributed by atoms with van der Waals surface area (Å²) in [6.07, 6.45) is 0. The molecule has 0 amide bonds. The molecule has 0 atom stereocenters. The molecule has 1 aromatic heterocycles. The Hall–Kier alpha value is -0.590. The summed E-state index contributed by atoms with van der Waals surface area (Å²) in [5.41, 5.74) is 0. The number of nitrogens with zero attached hydrogens (tertiary/aromatic N) is 1. The van der Waals surface area contributed by atoms with Crippen molar-refractivity contribution in [2.24, 2.45) is 0 Å². The summed E-state index contributed by atoms with van der Waals surface area (Å²) >= 11 is 13.4. The quantitative estimate of drug-likeness (QED) is 0.850. The van der Waals surface area contributed by atoms with Gasteiger partial charge in [0.05, 0.1) is 10.0 Å². The summed E-state index contributed by atoms with van der Waals surface area (Å²) in [6, 6.07) is 8.40. The fraction of sp³-hybridized carbons (Fsp3) is 0.167. The average molecular weight is 336 g/mol. The number of benzene rings is 1. The van der Waals surface area contributed by atoms with Crippen LogP contribution in [0.3, 0.4) is 0 Å². The number of halogens is 2. The number of sulfonamides is 1. The van der Waals surface area contributed by atoms with Crippen LogP contribution >= 0.6 is 34.5 Å². The van der Waals surface area contributed by atoms with E-state index in [1.165, 1.54) is 34.8 Å². The van der Waals surface area contributed by atoms with E-state index < -0.39 is 10.0 Å². The van der Waals surface area contributed by atoms with Crippen molar-refractivity contribution in [3.05, 3.63) is 50.6 Å². The highest BCUT2D eigenvalue weighted by Gasteiger charge is 2.26. The Labute approximate surface area is 126 Å². The fourth-order valence-electron chi connectivity index (χ4n) is 1.59. The van der Waals surface area contributed by atoms with Crippen molar-refractivity contribution in [1.82, 2.24) is 4.31 Å². The number of thiophene rings is 1. The van der Waals surface area contributed by atoms with E-state index in [2.05, 4.69) is 0 Å². The lowest BCUT2D eigenvalue weighted by molar-refractivity contribution is 0.470. The molecule has 0 aliphatic rings. The van der Waals surface area contributed by atoms with Gasteiger partial charge in [0.15, 0.2) is 0 Å². The minimum atomic E-state index is -3.70. The van der Waals surface area contributed by atoms with Crippen molar-refractivity contribution in [2.75, 3.05) is 7.05 Å². The van der Waals surface area contributed by atoms with Gasteiger partial charge in [0.25, 0.3) is 0 Å². The second-order valence-electron chi connectivity index (χ2n) is 3.89. The van der Waals surface area contributed by atoms with E-state index in [4.69, 9.17) is 23.2 Å². The predicted octanol–water partition coefficient (Wildman–Crippen LogP) is 3.88. The zero-order valence-electron chi connectivity index (χ0n) is 10.0. The van der Waals surface area contributed by atoms with Gasteiger partial charge < -0.3 is 0 Å². The molecule has 19 heavy (non-hydrogen) atoms. The molecule has 0 saturated heterocycles. The van der Waals surface area contributed by atoms with Gasteiger partial charge >= 0.3 is 0 Å². The average Bonchev–Trinajstić information content (AvgIpc) is 2.81. The van der Waals surface area contributed by atoms with E-state index >= 15 is 0 Å². The van der Waals surface area contributed by atoms with Gasteiger partial charge in [-0.25, -0.2) is 8.42 Å². The second kappa shape index (κ2) is 5.81. The minimum Gasteiger partial charge on any atom is -0.207 e. The first-order valence-electron chi connectivity index (χ1n) is 5.35. The molecule has 0 aliphatic heterocycles. The molecule has 2 rings (SSSR count). The normalized spacial score (nSPS) is 12.0. The lowest BCUT2D eigenvalue weighted by atomic mass is 10.4. The Kier molecular flexibility index (Phi) is 4.53. The molecule has 0 N–H and O–H groups in total. The molecule has 7 heteroatoms. The maximum Gasteiger partial charge on any atom is 0.246 e. The van der Waals surface area contributed by atoms with Gasteiger partial charge in [0.2, 0.25) is 10.0 Å². The Balaban J connectivity index is 2.37. The van der Waals surface area contributed by atoms with Crippen LogP contribution in [0.4, 0.5) is 0 Å². The molecular formula is C12H11Cl2NO2S2. The molecule has 2 aromatic rings. The summed E-state index contributed by atoms with van der Waals surface area (Å²) in [6.45, 7) is 0.293. The Bertz CT molecular complexity index is 649. The van der Waals surface area contributed by atoms with Crippen LogP contribution in [-0.4, -0.2) is 19.8 Å². The van der Waals surface area contributed by atoms with Crippen molar-refractivity contribution < 1.29 is 8.42 Å². The van der Waals surface area contributed by atoms with E-state index in [1.807, 2.05) is 17.5 Å².